The Morgan fingerprint density at radius 1 is 1.27 bits per heavy atom. The summed E-state index contributed by atoms with van der Waals surface area (Å²) < 4.78 is 11.0. The van der Waals surface area contributed by atoms with E-state index in [1.807, 2.05) is 12.1 Å². The van der Waals surface area contributed by atoms with Gasteiger partial charge >= 0.3 is 0 Å². The molecule has 0 bridgehead atoms. The summed E-state index contributed by atoms with van der Waals surface area (Å²) in [6, 6.07) is 8.24. The van der Waals surface area contributed by atoms with E-state index in [0.29, 0.717) is 25.2 Å². The van der Waals surface area contributed by atoms with E-state index in [0.717, 1.165) is 23.3 Å². The van der Waals surface area contributed by atoms with Gasteiger partial charge in [0.05, 0.1) is 18.8 Å². The van der Waals surface area contributed by atoms with Crippen molar-refractivity contribution in [2.45, 2.75) is 38.3 Å². The Morgan fingerprint density at radius 3 is 2.81 bits per heavy atom. The van der Waals surface area contributed by atoms with Gasteiger partial charge in [0.2, 0.25) is 0 Å². The van der Waals surface area contributed by atoms with Crippen LogP contribution < -0.4 is 15.5 Å². The third-order valence-electron chi connectivity index (χ3n) is 5.09. The summed E-state index contributed by atoms with van der Waals surface area (Å²) in [5.74, 6) is 1.01. The monoisotopic (exact) mass is 355 g/mol. The molecule has 2 heterocycles. The summed E-state index contributed by atoms with van der Waals surface area (Å²) in [4.78, 5) is 24.3. The van der Waals surface area contributed by atoms with E-state index in [4.69, 9.17) is 9.15 Å². The van der Waals surface area contributed by atoms with Crippen molar-refractivity contribution in [3.63, 3.8) is 0 Å². The van der Waals surface area contributed by atoms with Crippen molar-refractivity contribution in [2.24, 2.45) is 5.92 Å². The lowest BCUT2D eigenvalue weighted by molar-refractivity contribution is 0.0232. The first kappa shape index (κ1) is 16.8. The van der Waals surface area contributed by atoms with Crippen LogP contribution in [0, 0.1) is 12.8 Å². The molecule has 0 spiro atoms. The molecule has 1 aliphatic heterocycles. The highest BCUT2D eigenvalue weighted by Gasteiger charge is 2.36. The zero-order valence-electron chi connectivity index (χ0n) is 14.5. The quantitative estimate of drug-likeness (QED) is 0.877. The first-order valence-corrected chi connectivity index (χ1v) is 8.86. The highest BCUT2D eigenvalue weighted by atomic mass is 16.5. The van der Waals surface area contributed by atoms with Gasteiger partial charge in [0.25, 0.3) is 5.91 Å². The predicted octanol–water partition coefficient (Wildman–Crippen LogP) is 2.13. The van der Waals surface area contributed by atoms with Gasteiger partial charge in [0, 0.05) is 18.6 Å². The lowest BCUT2D eigenvalue weighted by Gasteiger charge is -2.38. The van der Waals surface area contributed by atoms with Gasteiger partial charge in [0.1, 0.15) is 11.5 Å². The van der Waals surface area contributed by atoms with Crippen LogP contribution in [0.5, 0.6) is 5.75 Å². The zero-order valence-corrected chi connectivity index (χ0v) is 14.5. The molecule has 6 heteroatoms. The molecule has 1 aromatic carbocycles. The second kappa shape index (κ2) is 6.61. The van der Waals surface area contributed by atoms with Crippen LogP contribution in [0.3, 0.4) is 0 Å². The van der Waals surface area contributed by atoms with Crippen molar-refractivity contribution in [3.8, 4) is 5.75 Å². The first-order valence-electron chi connectivity index (χ1n) is 8.86. The van der Waals surface area contributed by atoms with Crippen LogP contribution in [0.15, 0.2) is 39.5 Å². The Balaban J connectivity index is 1.61. The third-order valence-corrected chi connectivity index (χ3v) is 5.09. The zero-order chi connectivity index (χ0) is 18.3. The van der Waals surface area contributed by atoms with Gasteiger partial charge in [-0.05, 0) is 48.9 Å². The summed E-state index contributed by atoms with van der Waals surface area (Å²) >= 11 is 0. The maximum Gasteiger partial charge on any atom is 0.287 e. The van der Waals surface area contributed by atoms with Gasteiger partial charge in [-0.25, -0.2) is 0 Å². The highest BCUT2D eigenvalue weighted by Crippen LogP contribution is 2.39. The molecule has 26 heavy (non-hydrogen) atoms. The number of rotatable bonds is 4. The first-order chi connectivity index (χ1) is 12.5. The number of nitrogens with one attached hydrogen (secondary N) is 1. The van der Waals surface area contributed by atoms with Crippen LogP contribution in [0.1, 0.15) is 46.3 Å². The van der Waals surface area contributed by atoms with Crippen LogP contribution in [0.4, 0.5) is 0 Å². The van der Waals surface area contributed by atoms with Crippen LogP contribution in [0.2, 0.25) is 0 Å². The molecule has 0 radical (unpaired) electrons. The number of aliphatic hydroxyl groups is 1. The van der Waals surface area contributed by atoms with Crippen LogP contribution in [-0.4, -0.2) is 23.7 Å². The Bertz CT molecular complexity index is 897. The van der Waals surface area contributed by atoms with Crippen LogP contribution >= 0.6 is 0 Å². The van der Waals surface area contributed by atoms with Crippen molar-refractivity contribution in [1.29, 1.82) is 0 Å². The molecule has 1 aliphatic carbocycles. The number of amides is 1. The fraction of sp³-hybridized carbons (Fsp3) is 0.400. The van der Waals surface area contributed by atoms with E-state index in [9.17, 15) is 14.7 Å². The molecule has 1 fully saturated rings. The Morgan fingerprint density at radius 2 is 2.08 bits per heavy atom. The lowest BCUT2D eigenvalue weighted by Crippen LogP contribution is -2.41. The number of aliphatic hydroxyl groups excluding tert-OH is 1. The number of carbonyl (C=O) groups is 1. The van der Waals surface area contributed by atoms with E-state index < -0.39 is 5.91 Å². The average Bonchev–Trinajstić information content (AvgIpc) is 3.03. The number of ether oxygens (including phenoxy) is 1. The topological polar surface area (TPSA) is 88.8 Å². The minimum atomic E-state index is -0.422. The fourth-order valence-corrected chi connectivity index (χ4v) is 3.70. The van der Waals surface area contributed by atoms with Gasteiger partial charge in [-0.2, -0.15) is 0 Å². The maximum absolute atomic E-state index is 12.7. The molecule has 2 aromatic rings. The molecule has 1 aromatic heterocycles. The van der Waals surface area contributed by atoms with Crippen molar-refractivity contribution in [1.82, 2.24) is 5.32 Å². The molecule has 136 valence electrons. The SMILES string of the molecule is Cc1cc(=O)cc(C(=O)NC(c2ccc3c(c2)CCO3)C2CC(O)C2)o1. The second-order valence-electron chi connectivity index (χ2n) is 7.07. The van der Waals surface area contributed by atoms with E-state index >= 15 is 0 Å². The van der Waals surface area contributed by atoms with E-state index in [2.05, 4.69) is 11.4 Å². The van der Waals surface area contributed by atoms with Gasteiger partial charge in [0.15, 0.2) is 11.2 Å². The minimum Gasteiger partial charge on any atom is -0.493 e. The minimum absolute atomic E-state index is 0.00404. The molecular weight excluding hydrogens is 334 g/mol. The molecule has 1 amide bonds. The largest absolute Gasteiger partial charge is 0.493 e. The van der Waals surface area contributed by atoms with Crippen molar-refractivity contribution in [3.05, 3.63) is 63.2 Å². The number of fused-ring (bicyclic) bond motifs is 1. The van der Waals surface area contributed by atoms with Crippen LogP contribution in [0.25, 0.3) is 0 Å². The third kappa shape index (κ3) is 3.24. The summed E-state index contributed by atoms with van der Waals surface area (Å²) in [6.07, 6.45) is 1.80. The number of hydrogen-bond donors (Lipinski definition) is 2. The molecule has 0 saturated heterocycles. The second-order valence-corrected chi connectivity index (χ2v) is 7.07. The number of hydrogen-bond acceptors (Lipinski definition) is 5. The molecule has 1 saturated carbocycles. The summed E-state index contributed by atoms with van der Waals surface area (Å²) in [5, 5.41) is 12.7. The average molecular weight is 355 g/mol. The standard InChI is InChI=1S/C20H21NO5/c1-11-6-15(22)10-18(26-11)20(24)21-19(14-8-16(23)9-14)13-2-3-17-12(7-13)4-5-25-17/h2-3,6-7,10,14,16,19,23H,4-5,8-9H2,1H3,(H,21,24). The van der Waals surface area contributed by atoms with E-state index in [1.54, 1.807) is 6.92 Å². The van der Waals surface area contributed by atoms with Gasteiger partial charge in [-0.1, -0.05) is 6.07 Å². The van der Waals surface area contributed by atoms with Gasteiger partial charge in [-0.3, -0.25) is 9.59 Å². The molecule has 4 rings (SSSR count). The maximum atomic E-state index is 12.7. The number of benzene rings is 1. The molecule has 2 aliphatic rings. The van der Waals surface area contributed by atoms with Crippen molar-refractivity contribution < 1.29 is 19.1 Å². The van der Waals surface area contributed by atoms with Crippen molar-refractivity contribution >= 4 is 5.91 Å². The molecule has 6 nitrogen and oxygen atoms in total. The van der Waals surface area contributed by atoms with Gasteiger partial charge < -0.3 is 19.6 Å². The molecule has 1 unspecified atom stereocenters. The predicted molar refractivity (Wildman–Crippen MR) is 94.3 cm³/mol. The smallest absolute Gasteiger partial charge is 0.287 e. The van der Waals surface area contributed by atoms with Crippen molar-refractivity contribution in [2.75, 3.05) is 6.61 Å². The number of carbonyl (C=O) groups excluding carboxylic acids is 1. The molecular formula is C20H21NO5. The lowest BCUT2D eigenvalue weighted by atomic mass is 9.75. The summed E-state index contributed by atoms with van der Waals surface area (Å²) in [5.41, 5.74) is 1.85. The van der Waals surface area contributed by atoms with Crippen LogP contribution in [-0.2, 0) is 6.42 Å². The fourth-order valence-electron chi connectivity index (χ4n) is 3.70. The van der Waals surface area contributed by atoms with Gasteiger partial charge in [-0.15, -0.1) is 0 Å². The molecule has 1 atom stereocenters. The Labute approximate surface area is 150 Å². The number of aryl methyl sites for hydroxylation is 1. The normalized spacial score (nSPS) is 22.1. The summed E-state index contributed by atoms with van der Waals surface area (Å²) in [7, 11) is 0. The molecule has 2 N–H and O–H groups in total. The Hall–Kier alpha value is -2.60. The highest BCUT2D eigenvalue weighted by molar-refractivity contribution is 5.91. The van der Waals surface area contributed by atoms with E-state index in [1.165, 1.54) is 12.1 Å². The van der Waals surface area contributed by atoms with E-state index in [-0.39, 0.29) is 29.3 Å². The Kier molecular flexibility index (Phi) is 4.28. The summed E-state index contributed by atoms with van der Waals surface area (Å²) in [6.45, 7) is 2.31.